The van der Waals surface area contributed by atoms with E-state index in [9.17, 15) is 4.79 Å². The minimum absolute atomic E-state index is 0.0603. The van der Waals surface area contributed by atoms with E-state index in [-0.39, 0.29) is 11.7 Å². The van der Waals surface area contributed by atoms with Crippen LogP contribution >= 0.6 is 0 Å². The Morgan fingerprint density at radius 3 is 2.42 bits per heavy atom. The minimum Gasteiger partial charge on any atom is -0.364 e. The van der Waals surface area contributed by atoms with Crippen molar-refractivity contribution in [1.82, 2.24) is 10.2 Å². The normalized spacial score (nSPS) is 11.8. The van der Waals surface area contributed by atoms with E-state index in [1.807, 2.05) is 30.3 Å². The molecule has 0 saturated carbocycles. The van der Waals surface area contributed by atoms with Gasteiger partial charge in [-0.05, 0) is 17.7 Å². The number of hydrogen-bond donors (Lipinski definition) is 3. The van der Waals surface area contributed by atoms with Crippen molar-refractivity contribution in [3.63, 3.8) is 0 Å². The van der Waals surface area contributed by atoms with Gasteiger partial charge in [0.2, 0.25) is 0 Å². The largest absolute Gasteiger partial charge is 0.364 e. The van der Waals surface area contributed by atoms with E-state index in [0.29, 0.717) is 12.4 Å². The average Bonchev–Trinajstić information content (AvgIpc) is 2.46. The van der Waals surface area contributed by atoms with Crippen molar-refractivity contribution < 1.29 is 4.79 Å². The van der Waals surface area contributed by atoms with Crippen LogP contribution in [0.5, 0.6) is 0 Å². The van der Waals surface area contributed by atoms with Crippen LogP contribution < -0.4 is 16.8 Å². The van der Waals surface area contributed by atoms with Crippen molar-refractivity contribution in [3.8, 4) is 0 Å². The summed E-state index contributed by atoms with van der Waals surface area (Å²) in [6.07, 6.45) is 0. The number of benzene rings is 1. The van der Waals surface area contributed by atoms with Crippen LogP contribution in [-0.2, 0) is 0 Å². The van der Waals surface area contributed by atoms with Gasteiger partial charge in [-0.2, -0.15) is 0 Å². The Hall–Kier alpha value is -2.47. The highest BCUT2D eigenvalue weighted by Gasteiger charge is 2.10. The van der Waals surface area contributed by atoms with Crippen LogP contribution in [0.4, 0.5) is 5.82 Å². The van der Waals surface area contributed by atoms with Crippen LogP contribution in [0, 0.1) is 0 Å². The molecule has 19 heavy (non-hydrogen) atoms. The van der Waals surface area contributed by atoms with Crippen molar-refractivity contribution in [2.45, 2.75) is 6.04 Å². The van der Waals surface area contributed by atoms with Gasteiger partial charge in [-0.3, -0.25) is 4.79 Å². The minimum atomic E-state index is -0.600. The zero-order valence-corrected chi connectivity index (χ0v) is 10.3. The summed E-state index contributed by atoms with van der Waals surface area (Å²) in [5, 5.41) is 10.8. The Labute approximate surface area is 110 Å². The number of nitrogens with two attached hydrogens (primary N) is 2. The molecule has 1 heterocycles. The molecular weight excluding hydrogens is 242 g/mol. The first-order chi connectivity index (χ1) is 9.20. The molecule has 0 bridgehead atoms. The smallest absolute Gasteiger partial charge is 0.269 e. The third kappa shape index (κ3) is 3.26. The highest BCUT2D eigenvalue weighted by Crippen LogP contribution is 2.16. The van der Waals surface area contributed by atoms with Gasteiger partial charge in [-0.15, -0.1) is 10.2 Å². The molecule has 1 amide bonds. The Balaban J connectivity index is 2.12. The fourth-order valence-corrected chi connectivity index (χ4v) is 1.68. The summed E-state index contributed by atoms with van der Waals surface area (Å²) in [4.78, 5) is 10.9. The van der Waals surface area contributed by atoms with Gasteiger partial charge in [0.1, 0.15) is 5.82 Å². The third-order valence-corrected chi connectivity index (χ3v) is 2.68. The van der Waals surface area contributed by atoms with E-state index < -0.39 is 5.91 Å². The lowest BCUT2D eigenvalue weighted by atomic mass is 10.1. The molecule has 1 atom stereocenters. The Morgan fingerprint density at radius 2 is 1.89 bits per heavy atom. The number of rotatable bonds is 5. The number of anilines is 1. The number of hydrogen-bond acceptors (Lipinski definition) is 5. The molecule has 0 aliphatic heterocycles. The van der Waals surface area contributed by atoms with E-state index in [0.717, 1.165) is 5.56 Å². The van der Waals surface area contributed by atoms with Crippen molar-refractivity contribution in [1.29, 1.82) is 0 Å². The maximum Gasteiger partial charge on any atom is 0.269 e. The summed E-state index contributed by atoms with van der Waals surface area (Å²) >= 11 is 0. The molecule has 5 N–H and O–H groups in total. The maximum atomic E-state index is 10.9. The predicted octanol–water partition coefficient (Wildman–Crippen LogP) is 0.687. The summed E-state index contributed by atoms with van der Waals surface area (Å²) in [6, 6.07) is 12.9. The summed E-state index contributed by atoms with van der Waals surface area (Å²) in [5.74, 6) is -0.0539. The van der Waals surface area contributed by atoms with Crippen molar-refractivity contribution in [2.24, 2.45) is 11.5 Å². The molecular formula is C13H15N5O. The third-order valence-electron chi connectivity index (χ3n) is 2.68. The zero-order valence-electron chi connectivity index (χ0n) is 10.3. The van der Waals surface area contributed by atoms with Crippen molar-refractivity contribution >= 4 is 11.7 Å². The second-order valence-corrected chi connectivity index (χ2v) is 4.01. The molecule has 0 radical (unpaired) electrons. The highest BCUT2D eigenvalue weighted by molar-refractivity contribution is 5.90. The summed E-state index contributed by atoms with van der Waals surface area (Å²) < 4.78 is 0. The molecule has 2 aromatic rings. The topological polar surface area (TPSA) is 107 Å². The molecule has 1 unspecified atom stereocenters. The second-order valence-electron chi connectivity index (χ2n) is 4.01. The average molecular weight is 257 g/mol. The van der Waals surface area contributed by atoms with Crippen molar-refractivity contribution in [3.05, 3.63) is 53.7 Å². The fourth-order valence-electron chi connectivity index (χ4n) is 1.68. The van der Waals surface area contributed by atoms with Gasteiger partial charge < -0.3 is 16.8 Å². The molecule has 2 rings (SSSR count). The first-order valence-electron chi connectivity index (χ1n) is 5.86. The van der Waals surface area contributed by atoms with Crippen LogP contribution in [0.3, 0.4) is 0 Å². The van der Waals surface area contributed by atoms with Gasteiger partial charge in [0.25, 0.3) is 5.91 Å². The highest BCUT2D eigenvalue weighted by atomic mass is 16.1. The predicted molar refractivity (Wildman–Crippen MR) is 72.4 cm³/mol. The van der Waals surface area contributed by atoms with Gasteiger partial charge >= 0.3 is 0 Å². The van der Waals surface area contributed by atoms with E-state index in [4.69, 9.17) is 11.5 Å². The molecule has 6 nitrogen and oxygen atoms in total. The summed E-state index contributed by atoms with van der Waals surface area (Å²) in [5.41, 5.74) is 12.0. The van der Waals surface area contributed by atoms with Gasteiger partial charge in [0.05, 0.1) is 6.04 Å². The number of nitrogens with zero attached hydrogens (tertiary/aromatic N) is 2. The Bertz CT molecular complexity index is 541. The SMILES string of the molecule is NCC(Nc1ccc(C(N)=O)nn1)c1ccccc1. The molecule has 1 aromatic heterocycles. The van der Waals surface area contributed by atoms with Gasteiger partial charge in [-0.1, -0.05) is 30.3 Å². The van der Waals surface area contributed by atoms with E-state index in [1.165, 1.54) is 6.07 Å². The molecule has 0 fully saturated rings. The zero-order chi connectivity index (χ0) is 13.7. The summed E-state index contributed by atoms with van der Waals surface area (Å²) in [6.45, 7) is 0.420. The standard InChI is InChI=1S/C13H15N5O/c14-8-11(9-4-2-1-3-5-9)16-12-7-6-10(13(15)19)17-18-12/h1-7,11H,8,14H2,(H2,15,19)(H,16,18). The first kappa shape index (κ1) is 13.0. The molecule has 98 valence electrons. The lowest BCUT2D eigenvalue weighted by molar-refractivity contribution is 0.0994. The maximum absolute atomic E-state index is 10.9. The van der Waals surface area contributed by atoms with Crippen LogP contribution in [0.25, 0.3) is 0 Å². The number of aromatic nitrogens is 2. The van der Waals surface area contributed by atoms with E-state index in [2.05, 4.69) is 15.5 Å². The van der Waals surface area contributed by atoms with Gasteiger partial charge in [-0.25, -0.2) is 0 Å². The van der Waals surface area contributed by atoms with E-state index in [1.54, 1.807) is 6.07 Å². The van der Waals surface area contributed by atoms with Crippen LogP contribution in [-0.4, -0.2) is 22.6 Å². The number of carbonyl (C=O) groups is 1. The van der Waals surface area contributed by atoms with E-state index >= 15 is 0 Å². The molecule has 0 aliphatic carbocycles. The lowest BCUT2D eigenvalue weighted by Gasteiger charge is -2.17. The molecule has 1 aromatic carbocycles. The Morgan fingerprint density at radius 1 is 1.16 bits per heavy atom. The molecule has 0 saturated heterocycles. The lowest BCUT2D eigenvalue weighted by Crippen LogP contribution is -2.21. The first-order valence-corrected chi connectivity index (χ1v) is 5.86. The number of amides is 1. The monoisotopic (exact) mass is 257 g/mol. The van der Waals surface area contributed by atoms with Gasteiger partial charge in [0, 0.05) is 6.54 Å². The fraction of sp³-hybridized carbons (Fsp3) is 0.154. The summed E-state index contributed by atoms with van der Waals surface area (Å²) in [7, 11) is 0. The number of primary amides is 1. The number of carbonyl (C=O) groups excluding carboxylic acids is 1. The Kier molecular flexibility index (Phi) is 4.04. The number of nitrogens with one attached hydrogen (secondary N) is 1. The van der Waals surface area contributed by atoms with Crippen molar-refractivity contribution in [2.75, 3.05) is 11.9 Å². The van der Waals surface area contributed by atoms with Crippen LogP contribution in [0.15, 0.2) is 42.5 Å². The molecule has 0 aliphatic rings. The quantitative estimate of drug-likeness (QED) is 0.730. The van der Waals surface area contributed by atoms with Crippen LogP contribution in [0.1, 0.15) is 22.1 Å². The second kappa shape index (κ2) is 5.92. The molecule has 6 heteroatoms. The molecule has 0 spiro atoms. The van der Waals surface area contributed by atoms with Gasteiger partial charge in [0.15, 0.2) is 5.69 Å². The van der Waals surface area contributed by atoms with Crippen LogP contribution in [0.2, 0.25) is 0 Å².